The molecule has 2 aromatic rings. The number of carboxylic acid groups (broad SMARTS) is 1. The maximum atomic E-state index is 14.3. The number of hydrogen-bond donors (Lipinski definition) is 2. The molecule has 0 aromatic heterocycles. The molecule has 144 valence electrons. The summed E-state index contributed by atoms with van der Waals surface area (Å²) in [6, 6.07) is 10.7. The fourth-order valence-corrected chi connectivity index (χ4v) is 3.73. The summed E-state index contributed by atoms with van der Waals surface area (Å²) in [7, 11) is 0. The first-order valence-electron chi connectivity index (χ1n) is 9.26. The van der Waals surface area contributed by atoms with Crippen molar-refractivity contribution < 1.29 is 19.0 Å². The van der Waals surface area contributed by atoms with Gasteiger partial charge in [0.05, 0.1) is 12.1 Å². The van der Waals surface area contributed by atoms with E-state index in [2.05, 4.69) is 19.2 Å². The summed E-state index contributed by atoms with van der Waals surface area (Å²) in [4.78, 5) is 11.2. The minimum absolute atomic E-state index is 0.0869. The molecule has 0 radical (unpaired) electrons. The topological polar surface area (TPSA) is 58.6 Å². The van der Waals surface area contributed by atoms with Gasteiger partial charge in [-0.05, 0) is 66.5 Å². The molecule has 2 N–H and O–H groups in total. The third-order valence-electron chi connectivity index (χ3n) is 5.17. The minimum atomic E-state index is -1.02. The van der Waals surface area contributed by atoms with Gasteiger partial charge >= 0.3 is 6.09 Å². The highest BCUT2D eigenvalue weighted by molar-refractivity contribution is 5.68. The van der Waals surface area contributed by atoms with Crippen LogP contribution in [0.3, 0.4) is 0 Å². The molecule has 1 amide bonds. The first-order chi connectivity index (χ1) is 12.7. The Hall–Kier alpha value is -2.56. The molecule has 1 aliphatic carbocycles. The maximum Gasteiger partial charge on any atom is 0.405 e. The normalized spacial score (nSPS) is 18.1. The van der Waals surface area contributed by atoms with E-state index in [9.17, 15) is 14.3 Å². The second-order valence-electron chi connectivity index (χ2n) is 8.10. The first kappa shape index (κ1) is 19.2. The van der Waals surface area contributed by atoms with Crippen molar-refractivity contribution in [3.63, 3.8) is 0 Å². The van der Waals surface area contributed by atoms with Crippen molar-refractivity contribution in [2.45, 2.75) is 52.7 Å². The summed E-state index contributed by atoms with van der Waals surface area (Å²) in [6.07, 6.45) is 0.637. The van der Waals surface area contributed by atoms with E-state index in [0.29, 0.717) is 0 Å². The van der Waals surface area contributed by atoms with Crippen molar-refractivity contribution in [3.05, 3.63) is 53.3 Å². The number of fused-ring (bicyclic) bond motifs is 1. The van der Waals surface area contributed by atoms with Gasteiger partial charge in [-0.3, -0.25) is 0 Å². The fourth-order valence-electron chi connectivity index (χ4n) is 3.73. The van der Waals surface area contributed by atoms with E-state index in [4.69, 9.17) is 4.74 Å². The molecule has 0 aliphatic heterocycles. The third kappa shape index (κ3) is 4.07. The van der Waals surface area contributed by atoms with Gasteiger partial charge in [-0.1, -0.05) is 38.1 Å². The van der Waals surface area contributed by atoms with E-state index in [1.165, 1.54) is 6.07 Å². The molecule has 4 nitrogen and oxygen atoms in total. The summed E-state index contributed by atoms with van der Waals surface area (Å²) >= 11 is 0. The van der Waals surface area contributed by atoms with Crippen LogP contribution in [0.4, 0.5) is 9.18 Å². The largest absolute Gasteiger partial charge is 0.488 e. The highest BCUT2D eigenvalue weighted by atomic mass is 19.1. The molecule has 0 fully saturated rings. The van der Waals surface area contributed by atoms with Crippen LogP contribution in [-0.4, -0.2) is 17.3 Å². The lowest BCUT2D eigenvalue weighted by molar-refractivity contribution is 0.161. The Morgan fingerprint density at radius 2 is 1.89 bits per heavy atom. The number of amides is 1. The Kier molecular flexibility index (Phi) is 5.13. The average Bonchev–Trinajstić information content (AvgIpc) is 2.58. The van der Waals surface area contributed by atoms with Crippen LogP contribution in [0.1, 0.15) is 51.3 Å². The van der Waals surface area contributed by atoms with Crippen LogP contribution in [0.15, 0.2) is 36.4 Å². The van der Waals surface area contributed by atoms with Gasteiger partial charge in [-0.2, -0.15) is 0 Å². The van der Waals surface area contributed by atoms with E-state index in [1.54, 1.807) is 6.07 Å². The van der Waals surface area contributed by atoms with Gasteiger partial charge in [0.25, 0.3) is 0 Å². The molecular formula is C22H26FNO3. The SMILES string of the molecule is CC(C)Oc1ccc(-c2ccc3c(c2)CCC(C)(C)[C@H]3NC(=O)O)cc1F. The van der Waals surface area contributed by atoms with E-state index in [-0.39, 0.29) is 29.1 Å². The van der Waals surface area contributed by atoms with Crippen molar-refractivity contribution in [1.82, 2.24) is 5.32 Å². The molecule has 0 spiro atoms. The van der Waals surface area contributed by atoms with Crippen LogP contribution in [0, 0.1) is 11.2 Å². The standard InChI is InChI=1S/C22H26FNO3/c1-13(2)27-19-8-6-15(12-18(19)23)14-5-7-17-16(11-14)9-10-22(3,4)20(17)24-21(25)26/h5-8,11-13,20,24H,9-10H2,1-4H3,(H,25,26)/t20-/m0/s1. The van der Waals surface area contributed by atoms with Crippen molar-refractivity contribution in [3.8, 4) is 16.9 Å². The van der Waals surface area contributed by atoms with E-state index in [1.807, 2.05) is 38.1 Å². The van der Waals surface area contributed by atoms with E-state index < -0.39 is 6.09 Å². The molecule has 0 unspecified atom stereocenters. The number of hydrogen-bond acceptors (Lipinski definition) is 2. The monoisotopic (exact) mass is 371 g/mol. The van der Waals surface area contributed by atoms with Gasteiger partial charge in [0, 0.05) is 0 Å². The zero-order valence-corrected chi connectivity index (χ0v) is 16.2. The smallest absolute Gasteiger partial charge is 0.405 e. The van der Waals surface area contributed by atoms with Crippen LogP contribution in [0.25, 0.3) is 11.1 Å². The Bertz CT molecular complexity index is 861. The van der Waals surface area contributed by atoms with Gasteiger partial charge in [-0.25, -0.2) is 9.18 Å². The lowest BCUT2D eigenvalue weighted by atomic mass is 9.70. The van der Waals surface area contributed by atoms with Crippen molar-refractivity contribution in [1.29, 1.82) is 0 Å². The fraction of sp³-hybridized carbons (Fsp3) is 0.409. The highest BCUT2D eigenvalue weighted by Gasteiger charge is 2.37. The predicted molar refractivity (Wildman–Crippen MR) is 104 cm³/mol. The molecule has 1 atom stereocenters. The zero-order valence-electron chi connectivity index (χ0n) is 16.2. The van der Waals surface area contributed by atoms with Gasteiger partial charge in [0.1, 0.15) is 0 Å². The first-order valence-corrected chi connectivity index (χ1v) is 9.26. The molecule has 27 heavy (non-hydrogen) atoms. The molecule has 0 saturated heterocycles. The van der Waals surface area contributed by atoms with Crippen molar-refractivity contribution >= 4 is 6.09 Å². The number of rotatable bonds is 4. The molecule has 0 bridgehead atoms. The lowest BCUT2D eigenvalue weighted by Crippen LogP contribution is -2.40. The van der Waals surface area contributed by atoms with Crippen molar-refractivity contribution in [2.75, 3.05) is 0 Å². The minimum Gasteiger partial charge on any atom is -0.488 e. The maximum absolute atomic E-state index is 14.3. The third-order valence-corrected chi connectivity index (χ3v) is 5.17. The lowest BCUT2D eigenvalue weighted by Gasteiger charge is -2.40. The van der Waals surface area contributed by atoms with E-state index >= 15 is 0 Å². The summed E-state index contributed by atoms with van der Waals surface area (Å²) in [5.74, 6) is -0.135. The number of benzene rings is 2. The van der Waals surface area contributed by atoms with Crippen LogP contribution >= 0.6 is 0 Å². The van der Waals surface area contributed by atoms with Crippen molar-refractivity contribution in [2.24, 2.45) is 5.41 Å². The van der Waals surface area contributed by atoms with E-state index in [0.717, 1.165) is 35.1 Å². The highest BCUT2D eigenvalue weighted by Crippen LogP contribution is 2.44. The summed E-state index contributed by atoms with van der Waals surface area (Å²) in [5, 5.41) is 11.9. The molecular weight excluding hydrogens is 345 g/mol. The molecule has 3 rings (SSSR count). The summed E-state index contributed by atoms with van der Waals surface area (Å²) < 4.78 is 19.8. The van der Waals surface area contributed by atoms with Crippen LogP contribution in [0.5, 0.6) is 5.75 Å². The Morgan fingerprint density at radius 3 is 2.52 bits per heavy atom. The quantitative estimate of drug-likeness (QED) is 0.739. The molecule has 0 saturated carbocycles. The molecule has 5 heteroatoms. The summed E-state index contributed by atoms with van der Waals surface area (Å²) in [6.45, 7) is 7.88. The Morgan fingerprint density at radius 1 is 1.22 bits per heavy atom. The molecule has 0 heterocycles. The zero-order chi connectivity index (χ0) is 19.8. The van der Waals surface area contributed by atoms with Crippen LogP contribution in [0.2, 0.25) is 0 Å². The van der Waals surface area contributed by atoms with Crippen LogP contribution < -0.4 is 10.1 Å². The van der Waals surface area contributed by atoms with Gasteiger partial charge in [0.2, 0.25) is 0 Å². The number of aryl methyl sites for hydroxylation is 1. The van der Waals surface area contributed by atoms with Gasteiger partial charge in [0.15, 0.2) is 11.6 Å². The number of nitrogens with one attached hydrogen (secondary N) is 1. The second-order valence-corrected chi connectivity index (χ2v) is 8.10. The number of carbonyl (C=O) groups is 1. The van der Waals surface area contributed by atoms with Gasteiger partial charge < -0.3 is 15.2 Å². The summed E-state index contributed by atoms with van der Waals surface area (Å²) in [5.41, 5.74) is 3.64. The van der Waals surface area contributed by atoms with Gasteiger partial charge in [-0.15, -0.1) is 0 Å². The second kappa shape index (κ2) is 7.22. The Labute approximate surface area is 159 Å². The molecule has 2 aromatic carbocycles. The number of ether oxygens (including phenoxy) is 1. The number of halogens is 1. The van der Waals surface area contributed by atoms with Crippen LogP contribution in [-0.2, 0) is 6.42 Å². The molecule has 1 aliphatic rings. The average molecular weight is 371 g/mol. The predicted octanol–water partition coefficient (Wildman–Crippen LogP) is 5.56. The Balaban J connectivity index is 1.95.